The lowest BCUT2D eigenvalue weighted by molar-refractivity contribution is -0.385. The molecule has 1 unspecified atom stereocenters. The van der Waals surface area contributed by atoms with E-state index >= 15 is 0 Å². The summed E-state index contributed by atoms with van der Waals surface area (Å²) in [7, 11) is 2.27. The molecular formula is C32H30N4O11. The van der Waals surface area contributed by atoms with Gasteiger partial charge < -0.3 is 19.5 Å². The second kappa shape index (κ2) is 13.6. The third-order valence-corrected chi connectivity index (χ3v) is 7.93. The number of esters is 4. The van der Waals surface area contributed by atoms with Gasteiger partial charge in [0.05, 0.1) is 46.7 Å². The third kappa shape index (κ3) is 6.54. The molecule has 47 heavy (non-hydrogen) atoms. The zero-order valence-electron chi connectivity index (χ0n) is 26.2. The van der Waals surface area contributed by atoms with Crippen LogP contribution in [0.4, 0.5) is 11.4 Å². The van der Waals surface area contributed by atoms with Crippen molar-refractivity contribution in [3.63, 3.8) is 0 Å². The Morgan fingerprint density at radius 1 is 0.745 bits per heavy atom. The van der Waals surface area contributed by atoms with E-state index in [4.69, 9.17) is 14.2 Å². The molecule has 15 nitrogen and oxygen atoms in total. The number of nitro groups is 2. The summed E-state index contributed by atoms with van der Waals surface area (Å²) in [5.74, 6) is -7.67. The fraction of sp³-hybridized carbons (Fsp3) is 0.281. The van der Waals surface area contributed by atoms with Gasteiger partial charge in [-0.1, -0.05) is 24.3 Å². The average molecular weight is 647 g/mol. The standard InChI is InChI=1S/C32H30N4O11/c1-15-23(29(37)45-5)27(19-9-7-11-21(13-19)35(41)42)25(17(3)33-15)31(39)47-32(40)26-18(4)34-16(2)24(30(38)46-6)28(26)20-10-8-12-22(14-20)36(43)44/h7-14,23,27-28,34H,1-6H3/t23?,27-,28-/m0/s1. The van der Waals surface area contributed by atoms with Gasteiger partial charge in [-0.25, -0.2) is 14.4 Å². The molecule has 2 heterocycles. The smallest absolute Gasteiger partial charge is 0.344 e. The molecule has 0 fully saturated rings. The number of benzene rings is 2. The predicted octanol–water partition coefficient (Wildman–Crippen LogP) is 4.30. The lowest BCUT2D eigenvalue weighted by Crippen LogP contribution is -2.37. The van der Waals surface area contributed by atoms with Crippen LogP contribution >= 0.6 is 0 Å². The molecule has 2 aromatic rings. The van der Waals surface area contributed by atoms with Gasteiger partial charge in [0, 0.05) is 53.0 Å². The summed E-state index contributed by atoms with van der Waals surface area (Å²) in [6, 6.07) is 10.6. The zero-order chi connectivity index (χ0) is 34.7. The van der Waals surface area contributed by atoms with E-state index < -0.39 is 51.5 Å². The number of non-ortho nitro benzene ring substituents is 2. The molecule has 0 bridgehead atoms. The summed E-state index contributed by atoms with van der Waals surface area (Å²) in [5.41, 5.74) is 0.101. The van der Waals surface area contributed by atoms with E-state index in [9.17, 15) is 39.4 Å². The highest BCUT2D eigenvalue weighted by molar-refractivity contribution is 6.10. The third-order valence-electron chi connectivity index (χ3n) is 7.93. The molecule has 0 spiro atoms. The summed E-state index contributed by atoms with van der Waals surface area (Å²) in [6.07, 6.45) is 0. The van der Waals surface area contributed by atoms with Crippen molar-refractivity contribution in [2.45, 2.75) is 39.5 Å². The Morgan fingerprint density at radius 2 is 1.26 bits per heavy atom. The topological polar surface area (TPSA) is 207 Å². The first-order valence-corrected chi connectivity index (χ1v) is 14.1. The van der Waals surface area contributed by atoms with E-state index in [2.05, 4.69) is 10.3 Å². The lowest BCUT2D eigenvalue weighted by Gasteiger charge is -2.32. The molecule has 0 saturated carbocycles. The van der Waals surface area contributed by atoms with E-state index in [-0.39, 0.29) is 56.3 Å². The first-order valence-electron chi connectivity index (χ1n) is 14.1. The number of hydrogen-bond acceptors (Lipinski definition) is 13. The zero-order valence-corrected chi connectivity index (χ0v) is 26.2. The van der Waals surface area contributed by atoms with Crippen LogP contribution in [0.25, 0.3) is 0 Å². The van der Waals surface area contributed by atoms with Gasteiger partial charge in [0.1, 0.15) is 5.92 Å². The Hall–Kier alpha value is -5.99. The highest BCUT2D eigenvalue weighted by Crippen LogP contribution is 2.43. The summed E-state index contributed by atoms with van der Waals surface area (Å²) in [6.45, 7) is 6.06. The van der Waals surface area contributed by atoms with Gasteiger partial charge >= 0.3 is 23.9 Å². The molecule has 2 aliphatic heterocycles. The van der Waals surface area contributed by atoms with E-state index in [0.717, 1.165) is 14.2 Å². The van der Waals surface area contributed by atoms with Crippen molar-refractivity contribution in [1.29, 1.82) is 0 Å². The Balaban J connectivity index is 1.83. The molecule has 3 atom stereocenters. The minimum Gasteiger partial charge on any atom is -0.468 e. The van der Waals surface area contributed by atoms with Crippen molar-refractivity contribution in [3.8, 4) is 0 Å². The second-order valence-electron chi connectivity index (χ2n) is 10.7. The normalized spacial score (nSPS) is 19.4. The fourth-order valence-electron chi connectivity index (χ4n) is 5.92. The van der Waals surface area contributed by atoms with E-state index in [0.29, 0.717) is 5.70 Å². The van der Waals surface area contributed by atoms with Crippen LogP contribution in [0.1, 0.15) is 50.7 Å². The first kappa shape index (κ1) is 33.9. The monoisotopic (exact) mass is 646 g/mol. The number of carbonyl (C=O) groups excluding carboxylic acids is 4. The highest BCUT2D eigenvalue weighted by atomic mass is 16.6. The average Bonchev–Trinajstić information content (AvgIpc) is 3.03. The van der Waals surface area contributed by atoms with Crippen molar-refractivity contribution in [2.24, 2.45) is 10.9 Å². The summed E-state index contributed by atoms with van der Waals surface area (Å²) in [4.78, 5) is 80.2. The van der Waals surface area contributed by atoms with Crippen LogP contribution < -0.4 is 5.32 Å². The van der Waals surface area contributed by atoms with Crippen molar-refractivity contribution >= 4 is 41.0 Å². The number of dihydropyridines is 1. The molecule has 2 aliphatic rings. The number of nitro benzene ring substituents is 2. The van der Waals surface area contributed by atoms with E-state index in [1.165, 1.54) is 69.3 Å². The van der Waals surface area contributed by atoms with Gasteiger partial charge in [-0.15, -0.1) is 0 Å². The quantitative estimate of drug-likeness (QED) is 0.140. The van der Waals surface area contributed by atoms with Gasteiger partial charge in [0.25, 0.3) is 11.4 Å². The van der Waals surface area contributed by atoms with Gasteiger partial charge in [-0.2, -0.15) is 0 Å². The molecule has 0 aliphatic carbocycles. The van der Waals surface area contributed by atoms with Crippen molar-refractivity contribution in [2.75, 3.05) is 14.2 Å². The van der Waals surface area contributed by atoms with Crippen LogP contribution in [-0.2, 0) is 33.4 Å². The van der Waals surface area contributed by atoms with Crippen LogP contribution in [-0.4, -0.2) is 53.7 Å². The number of rotatable bonds is 8. The SMILES string of the molecule is COC(=O)C1=C(C)NC(C)=C(C(=O)OC(=O)C2=C(C)N=C(C)C(C(=O)OC)[C@@H]2c2cccc([N+](=O)[O-])c2)[C@H]1c1cccc([N+](=O)[O-])c1. The number of nitrogens with one attached hydrogen (secondary N) is 1. The fourth-order valence-corrected chi connectivity index (χ4v) is 5.92. The first-order chi connectivity index (χ1) is 22.2. The number of methoxy groups -OCH3 is 2. The Morgan fingerprint density at radius 3 is 1.79 bits per heavy atom. The molecule has 4 rings (SSSR count). The number of nitrogens with zero attached hydrogens (tertiary/aromatic N) is 3. The highest BCUT2D eigenvalue weighted by Gasteiger charge is 2.44. The van der Waals surface area contributed by atoms with Crippen molar-refractivity contribution in [1.82, 2.24) is 5.32 Å². The Labute approximate surface area is 267 Å². The number of carbonyl (C=O) groups is 4. The molecular weight excluding hydrogens is 616 g/mol. The number of allylic oxidation sites excluding steroid dienone is 3. The van der Waals surface area contributed by atoms with Gasteiger partial charge in [0.15, 0.2) is 0 Å². The van der Waals surface area contributed by atoms with Gasteiger partial charge in [-0.05, 0) is 38.8 Å². The molecule has 1 N–H and O–H groups in total. The maximum Gasteiger partial charge on any atom is 0.344 e. The largest absolute Gasteiger partial charge is 0.468 e. The number of hydrogen-bond donors (Lipinski definition) is 1. The van der Waals surface area contributed by atoms with Crippen LogP contribution in [0.2, 0.25) is 0 Å². The lowest BCUT2D eigenvalue weighted by atomic mass is 9.75. The molecule has 15 heteroatoms. The Kier molecular flexibility index (Phi) is 9.78. The molecule has 244 valence electrons. The molecule has 2 aromatic carbocycles. The minimum absolute atomic E-state index is 0.0495. The number of aliphatic imine (C=N–C) groups is 1. The van der Waals surface area contributed by atoms with Crippen LogP contribution in [0.3, 0.4) is 0 Å². The maximum absolute atomic E-state index is 14.0. The predicted molar refractivity (Wildman–Crippen MR) is 165 cm³/mol. The van der Waals surface area contributed by atoms with Crippen LogP contribution in [0.5, 0.6) is 0 Å². The van der Waals surface area contributed by atoms with Gasteiger partial charge in [-0.3, -0.25) is 30.0 Å². The molecule has 0 aromatic heterocycles. The molecule has 0 saturated heterocycles. The minimum atomic E-state index is -1.25. The van der Waals surface area contributed by atoms with E-state index in [1.807, 2.05) is 0 Å². The Bertz CT molecular complexity index is 1850. The van der Waals surface area contributed by atoms with Gasteiger partial charge in [0.2, 0.25) is 0 Å². The molecule has 0 amide bonds. The van der Waals surface area contributed by atoms with Crippen molar-refractivity contribution < 1.29 is 43.2 Å². The number of ether oxygens (including phenoxy) is 3. The van der Waals surface area contributed by atoms with E-state index in [1.54, 1.807) is 6.92 Å². The van der Waals surface area contributed by atoms with Crippen molar-refractivity contribution in [3.05, 3.63) is 114 Å². The summed E-state index contributed by atoms with van der Waals surface area (Å²) >= 11 is 0. The summed E-state index contributed by atoms with van der Waals surface area (Å²) < 4.78 is 15.4. The molecule has 0 radical (unpaired) electrons. The van der Waals surface area contributed by atoms with Crippen LogP contribution in [0.15, 0.2) is 87.3 Å². The second-order valence-corrected chi connectivity index (χ2v) is 10.7. The maximum atomic E-state index is 14.0. The van der Waals surface area contributed by atoms with Crippen LogP contribution in [0, 0.1) is 26.1 Å². The summed E-state index contributed by atoms with van der Waals surface area (Å²) in [5, 5.41) is 26.1.